The molecule has 0 unspecified atom stereocenters. The van der Waals surface area contributed by atoms with E-state index in [4.69, 9.17) is 6.42 Å². The number of amides is 1. The van der Waals surface area contributed by atoms with Gasteiger partial charge in [0.05, 0.1) is 4.90 Å². The fourth-order valence-electron chi connectivity index (χ4n) is 2.35. The summed E-state index contributed by atoms with van der Waals surface area (Å²) in [5, 5.41) is 2.72. The monoisotopic (exact) mass is 370 g/mol. The van der Waals surface area contributed by atoms with Crippen molar-refractivity contribution >= 4 is 21.6 Å². The summed E-state index contributed by atoms with van der Waals surface area (Å²) in [5.41, 5.74) is 2.10. The van der Waals surface area contributed by atoms with E-state index in [0.717, 1.165) is 5.56 Å². The SMILES string of the molecule is C#Cc1cccc(NC(=O)[C@@H](NS(=O)(=O)c2ccc(C)cc2)C(C)C)c1. The van der Waals surface area contributed by atoms with Crippen molar-refractivity contribution in [2.75, 3.05) is 5.32 Å². The summed E-state index contributed by atoms with van der Waals surface area (Å²) in [7, 11) is -3.81. The number of carbonyl (C=O) groups is 1. The molecule has 0 saturated carbocycles. The molecular formula is C20H22N2O3S. The van der Waals surface area contributed by atoms with E-state index in [0.29, 0.717) is 11.3 Å². The van der Waals surface area contributed by atoms with Gasteiger partial charge in [0.1, 0.15) is 6.04 Å². The number of hydrogen-bond donors (Lipinski definition) is 2. The molecule has 2 rings (SSSR count). The molecule has 0 bridgehead atoms. The van der Waals surface area contributed by atoms with Crippen molar-refractivity contribution in [3.63, 3.8) is 0 Å². The van der Waals surface area contributed by atoms with Crippen LogP contribution >= 0.6 is 0 Å². The van der Waals surface area contributed by atoms with Crippen LogP contribution in [0.3, 0.4) is 0 Å². The summed E-state index contributed by atoms with van der Waals surface area (Å²) >= 11 is 0. The topological polar surface area (TPSA) is 75.3 Å². The number of rotatable bonds is 6. The highest BCUT2D eigenvalue weighted by Gasteiger charge is 2.28. The van der Waals surface area contributed by atoms with Crippen LogP contribution in [-0.2, 0) is 14.8 Å². The molecule has 0 aromatic heterocycles. The third-order valence-corrected chi connectivity index (χ3v) is 5.32. The number of hydrogen-bond acceptors (Lipinski definition) is 3. The zero-order valence-corrected chi connectivity index (χ0v) is 15.8. The van der Waals surface area contributed by atoms with Gasteiger partial charge < -0.3 is 5.32 Å². The fraction of sp³-hybridized carbons (Fsp3) is 0.250. The second kappa shape index (κ2) is 8.17. The molecule has 5 nitrogen and oxygen atoms in total. The number of sulfonamides is 1. The van der Waals surface area contributed by atoms with Gasteiger partial charge in [0.15, 0.2) is 0 Å². The van der Waals surface area contributed by atoms with E-state index in [9.17, 15) is 13.2 Å². The molecule has 1 atom stereocenters. The molecule has 0 aliphatic heterocycles. The summed E-state index contributed by atoms with van der Waals surface area (Å²) in [6.07, 6.45) is 5.36. The number of terminal acetylenes is 1. The first-order valence-corrected chi connectivity index (χ1v) is 9.68. The van der Waals surface area contributed by atoms with Crippen molar-refractivity contribution in [3.05, 3.63) is 59.7 Å². The average molecular weight is 370 g/mol. The highest BCUT2D eigenvalue weighted by molar-refractivity contribution is 7.89. The maximum Gasteiger partial charge on any atom is 0.242 e. The third-order valence-electron chi connectivity index (χ3n) is 3.86. The van der Waals surface area contributed by atoms with Crippen molar-refractivity contribution in [3.8, 4) is 12.3 Å². The summed E-state index contributed by atoms with van der Waals surface area (Å²) in [5.74, 6) is 1.81. The van der Waals surface area contributed by atoms with Crippen LogP contribution in [-0.4, -0.2) is 20.4 Å². The predicted molar refractivity (Wildman–Crippen MR) is 103 cm³/mol. The molecule has 0 aliphatic rings. The maximum atomic E-state index is 12.6. The summed E-state index contributed by atoms with van der Waals surface area (Å²) < 4.78 is 27.7. The fourth-order valence-corrected chi connectivity index (χ4v) is 3.70. The van der Waals surface area contributed by atoms with Gasteiger partial charge in [0.2, 0.25) is 15.9 Å². The lowest BCUT2D eigenvalue weighted by molar-refractivity contribution is -0.118. The van der Waals surface area contributed by atoms with Crippen LogP contribution in [0, 0.1) is 25.2 Å². The lowest BCUT2D eigenvalue weighted by Crippen LogP contribution is -2.47. The van der Waals surface area contributed by atoms with Crippen LogP contribution in [0.1, 0.15) is 25.0 Å². The third kappa shape index (κ3) is 4.94. The Kier molecular flexibility index (Phi) is 6.19. The van der Waals surface area contributed by atoms with E-state index in [1.54, 1.807) is 50.2 Å². The highest BCUT2D eigenvalue weighted by atomic mass is 32.2. The Balaban J connectivity index is 2.21. The summed E-state index contributed by atoms with van der Waals surface area (Å²) in [6, 6.07) is 12.4. The van der Waals surface area contributed by atoms with Gasteiger partial charge in [-0.3, -0.25) is 4.79 Å². The van der Waals surface area contributed by atoms with Crippen LogP contribution in [0.25, 0.3) is 0 Å². The van der Waals surface area contributed by atoms with E-state index in [-0.39, 0.29) is 10.8 Å². The number of carbonyl (C=O) groups excluding carboxylic acids is 1. The zero-order chi connectivity index (χ0) is 19.3. The van der Waals surface area contributed by atoms with Gasteiger partial charge in [-0.05, 0) is 43.2 Å². The molecule has 0 radical (unpaired) electrons. The molecular weight excluding hydrogens is 348 g/mol. The van der Waals surface area contributed by atoms with Crippen LogP contribution in [0.4, 0.5) is 5.69 Å². The van der Waals surface area contributed by atoms with Gasteiger partial charge in [-0.2, -0.15) is 4.72 Å². The van der Waals surface area contributed by atoms with Gasteiger partial charge in [-0.15, -0.1) is 6.42 Å². The van der Waals surface area contributed by atoms with E-state index in [1.165, 1.54) is 12.1 Å². The van der Waals surface area contributed by atoms with Crippen molar-refractivity contribution in [1.82, 2.24) is 4.72 Å². The van der Waals surface area contributed by atoms with Gasteiger partial charge >= 0.3 is 0 Å². The minimum absolute atomic E-state index is 0.121. The minimum atomic E-state index is -3.81. The van der Waals surface area contributed by atoms with E-state index < -0.39 is 22.0 Å². The minimum Gasteiger partial charge on any atom is -0.325 e. The Hall–Kier alpha value is -2.62. The maximum absolute atomic E-state index is 12.6. The number of nitrogens with one attached hydrogen (secondary N) is 2. The van der Waals surface area contributed by atoms with E-state index >= 15 is 0 Å². The van der Waals surface area contributed by atoms with Crippen molar-refractivity contribution in [2.45, 2.75) is 31.7 Å². The van der Waals surface area contributed by atoms with Crippen molar-refractivity contribution in [2.24, 2.45) is 5.92 Å². The lowest BCUT2D eigenvalue weighted by Gasteiger charge is -2.21. The first-order valence-electron chi connectivity index (χ1n) is 8.19. The Morgan fingerprint density at radius 3 is 2.35 bits per heavy atom. The molecule has 26 heavy (non-hydrogen) atoms. The molecule has 2 aromatic carbocycles. The summed E-state index contributed by atoms with van der Waals surface area (Å²) in [6.45, 7) is 5.43. The summed E-state index contributed by atoms with van der Waals surface area (Å²) in [4.78, 5) is 12.7. The normalized spacial score (nSPS) is 12.4. The molecule has 6 heteroatoms. The Morgan fingerprint density at radius 2 is 1.77 bits per heavy atom. The van der Waals surface area contributed by atoms with Crippen LogP contribution in [0.5, 0.6) is 0 Å². The van der Waals surface area contributed by atoms with Crippen molar-refractivity contribution < 1.29 is 13.2 Å². The van der Waals surface area contributed by atoms with Gasteiger partial charge in [0, 0.05) is 11.3 Å². The number of anilines is 1. The standard InChI is InChI=1S/C20H22N2O3S/c1-5-16-7-6-8-17(13-16)21-20(23)19(14(2)3)22-26(24,25)18-11-9-15(4)10-12-18/h1,6-14,19,22H,2-4H3,(H,21,23)/t19-/m0/s1. The first-order chi connectivity index (χ1) is 12.2. The van der Waals surface area contributed by atoms with Crippen LogP contribution in [0.2, 0.25) is 0 Å². The molecule has 0 heterocycles. The number of aryl methyl sites for hydroxylation is 1. The Morgan fingerprint density at radius 1 is 1.12 bits per heavy atom. The van der Waals surface area contributed by atoms with Gasteiger partial charge in [-0.25, -0.2) is 8.42 Å². The molecule has 0 saturated heterocycles. The molecule has 0 spiro atoms. The van der Waals surface area contributed by atoms with Gasteiger partial charge in [-0.1, -0.05) is 43.5 Å². The molecule has 0 aliphatic carbocycles. The smallest absolute Gasteiger partial charge is 0.242 e. The molecule has 2 N–H and O–H groups in total. The quantitative estimate of drug-likeness (QED) is 0.768. The first kappa shape index (κ1) is 19.7. The predicted octanol–water partition coefficient (Wildman–Crippen LogP) is 2.92. The second-order valence-corrected chi connectivity index (χ2v) is 8.08. The molecule has 2 aromatic rings. The Bertz CT molecular complexity index is 926. The lowest BCUT2D eigenvalue weighted by atomic mass is 10.0. The molecule has 0 fully saturated rings. The van der Waals surface area contributed by atoms with Gasteiger partial charge in [0.25, 0.3) is 0 Å². The molecule has 136 valence electrons. The average Bonchev–Trinajstić information content (AvgIpc) is 2.60. The van der Waals surface area contributed by atoms with E-state index in [2.05, 4.69) is 16.0 Å². The highest BCUT2D eigenvalue weighted by Crippen LogP contribution is 2.15. The zero-order valence-electron chi connectivity index (χ0n) is 15.0. The van der Waals surface area contributed by atoms with Crippen LogP contribution in [0.15, 0.2) is 53.4 Å². The largest absolute Gasteiger partial charge is 0.325 e. The second-order valence-electron chi connectivity index (χ2n) is 6.37. The Labute approximate surface area is 154 Å². The van der Waals surface area contributed by atoms with Crippen LogP contribution < -0.4 is 10.0 Å². The molecule has 1 amide bonds. The van der Waals surface area contributed by atoms with E-state index in [1.807, 2.05) is 6.92 Å². The van der Waals surface area contributed by atoms with Crippen molar-refractivity contribution in [1.29, 1.82) is 0 Å². The number of benzene rings is 2.